The quantitative estimate of drug-likeness (QED) is 0.427. The zero-order valence-electron chi connectivity index (χ0n) is 23.2. The van der Waals surface area contributed by atoms with Crippen molar-refractivity contribution in [3.8, 4) is 5.75 Å². The molecular formula is C29H41FN4O5. The lowest BCUT2D eigenvalue weighted by atomic mass is 10.0. The number of fused-ring (bicyclic) bond motifs is 1. The molecule has 1 aliphatic heterocycles. The number of likely N-dealkylation sites (N-methyl/N-ethyl adjacent to an activating group) is 1. The van der Waals surface area contributed by atoms with Crippen LogP contribution in [0.1, 0.15) is 50.4 Å². The number of aliphatic hydroxyl groups is 1. The number of rotatable bonds is 6. The van der Waals surface area contributed by atoms with Crippen LogP contribution in [-0.2, 0) is 4.74 Å². The Hall–Kier alpha value is -3.21. The first-order chi connectivity index (χ1) is 18.7. The molecule has 39 heavy (non-hydrogen) atoms. The van der Waals surface area contributed by atoms with E-state index in [1.165, 1.54) is 24.3 Å². The van der Waals surface area contributed by atoms with Gasteiger partial charge in [-0.25, -0.2) is 9.18 Å². The number of carbonyl (C=O) groups is 2. The van der Waals surface area contributed by atoms with E-state index in [0.29, 0.717) is 36.8 Å². The fourth-order valence-electron chi connectivity index (χ4n) is 4.52. The number of nitrogens with zero attached hydrogens (tertiary/aromatic N) is 1. The first-order valence-electron chi connectivity index (χ1n) is 13.5. The van der Waals surface area contributed by atoms with E-state index in [0.717, 1.165) is 19.3 Å². The van der Waals surface area contributed by atoms with Gasteiger partial charge in [-0.2, -0.15) is 0 Å². The number of anilines is 2. The molecule has 0 saturated heterocycles. The van der Waals surface area contributed by atoms with Gasteiger partial charge in [0.2, 0.25) is 0 Å². The highest BCUT2D eigenvalue weighted by Crippen LogP contribution is 2.28. The minimum Gasteiger partial charge on any atom is -0.490 e. The molecule has 0 bridgehead atoms. The van der Waals surface area contributed by atoms with Crippen molar-refractivity contribution in [2.75, 3.05) is 44.0 Å². The smallest absolute Gasteiger partial charge is 0.323 e. The molecule has 2 aromatic rings. The van der Waals surface area contributed by atoms with Crippen molar-refractivity contribution in [2.45, 2.75) is 58.3 Å². The Bertz CT molecular complexity index is 1080. The molecule has 3 rings (SSSR count). The number of hydrogen-bond donors (Lipinski definition) is 4. The van der Waals surface area contributed by atoms with E-state index in [1.807, 2.05) is 20.9 Å². The second-order valence-corrected chi connectivity index (χ2v) is 10.2. The first kappa shape index (κ1) is 30.3. The number of ether oxygens (including phenoxy) is 2. The van der Waals surface area contributed by atoms with Crippen LogP contribution in [0.15, 0.2) is 42.5 Å². The lowest BCUT2D eigenvalue weighted by molar-refractivity contribution is -0.000451. The van der Waals surface area contributed by atoms with Crippen molar-refractivity contribution < 1.29 is 28.6 Å². The Morgan fingerprint density at radius 1 is 1.13 bits per heavy atom. The van der Waals surface area contributed by atoms with E-state index in [1.54, 1.807) is 30.0 Å². The van der Waals surface area contributed by atoms with Gasteiger partial charge in [0, 0.05) is 37.0 Å². The number of carbonyl (C=O) groups excluding carboxylic acids is 2. The third-order valence-corrected chi connectivity index (χ3v) is 6.82. The molecule has 0 fully saturated rings. The molecule has 0 spiro atoms. The maximum Gasteiger partial charge on any atom is 0.323 e. The number of hydrogen-bond acceptors (Lipinski definition) is 6. The summed E-state index contributed by atoms with van der Waals surface area (Å²) in [6.07, 6.45) is 2.36. The minimum absolute atomic E-state index is 0.00979. The van der Waals surface area contributed by atoms with Crippen LogP contribution in [0.4, 0.5) is 20.6 Å². The summed E-state index contributed by atoms with van der Waals surface area (Å²) in [4.78, 5) is 28.2. The fourth-order valence-corrected chi connectivity index (χ4v) is 4.52. The minimum atomic E-state index is -0.537. The van der Waals surface area contributed by atoms with Crippen LogP contribution in [0.5, 0.6) is 5.75 Å². The van der Waals surface area contributed by atoms with E-state index in [9.17, 15) is 19.1 Å². The molecule has 2 aromatic carbocycles. The molecule has 3 amide bonds. The second-order valence-electron chi connectivity index (χ2n) is 10.2. The molecule has 4 N–H and O–H groups in total. The predicted molar refractivity (Wildman–Crippen MR) is 150 cm³/mol. The number of urea groups is 1. The van der Waals surface area contributed by atoms with Crippen LogP contribution in [0.25, 0.3) is 0 Å². The largest absolute Gasteiger partial charge is 0.490 e. The summed E-state index contributed by atoms with van der Waals surface area (Å²) in [5.41, 5.74) is 1.10. The fraction of sp³-hybridized carbons (Fsp3) is 0.517. The number of nitrogens with one attached hydrogen (secondary N) is 3. The van der Waals surface area contributed by atoms with Crippen molar-refractivity contribution in [1.29, 1.82) is 0 Å². The Morgan fingerprint density at radius 3 is 2.51 bits per heavy atom. The van der Waals surface area contributed by atoms with Crippen molar-refractivity contribution in [2.24, 2.45) is 5.92 Å². The molecule has 4 atom stereocenters. The lowest BCUT2D eigenvalue weighted by Crippen LogP contribution is -2.47. The Balaban J connectivity index is 1.92. The molecule has 0 radical (unpaired) electrons. The molecule has 0 saturated carbocycles. The monoisotopic (exact) mass is 544 g/mol. The summed E-state index contributed by atoms with van der Waals surface area (Å²) in [7, 11) is 1.87. The highest BCUT2D eigenvalue weighted by atomic mass is 19.1. The van der Waals surface area contributed by atoms with Crippen molar-refractivity contribution in [3.05, 3.63) is 53.8 Å². The summed E-state index contributed by atoms with van der Waals surface area (Å²) in [6.45, 7) is 7.22. The molecule has 1 aliphatic rings. The highest BCUT2D eigenvalue weighted by molar-refractivity contribution is 6.02. The Kier molecular flexibility index (Phi) is 11.5. The van der Waals surface area contributed by atoms with Crippen LogP contribution in [0.3, 0.4) is 0 Å². The van der Waals surface area contributed by atoms with Gasteiger partial charge in [0.1, 0.15) is 11.6 Å². The average Bonchev–Trinajstić information content (AvgIpc) is 2.91. The van der Waals surface area contributed by atoms with Crippen molar-refractivity contribution in [3.63, 3.8) is 0 Å². The van der Waals surface area contributed by atoms with Crippen LogP contribution < -0.4 is 20.7 Å². The van der Waals surface area contributed by atoms with Gasteiger partial charge in [0.05, 0.1) is 30.4 Å². The SMILES string of the molecule is CNC[C@@H]1OCCCC[C@H](C)Oc2ccc(NC(=O)Nc3ccc(F)cc3)cc2C(=O)N([C@@H](C)CO)C[C@H]1C. The van der Waals surface area contributed by atoms with Crippen LogP contribution in [0, 0.1) is 11.7 Å². The highest BCUT2D eigenvalue weighted by Gasteiger charge is 2.29. The number of halogens is 1. The molecular weight excluding hydrogens is 503 g/mol. The van der Waals surface area contributed by atoms with Gasteiger partial charge in [0.25, 0.3) is 5.91 Å². The van der Waals surface area contributed by atoms with Gasteiger partial charge in [0.15, 0.2) is 0 Å². The molecule has 0 aromatic heterocycles. The van der Waals surface area contributed by atoms with Crippen LogP contribution in [-0.4, -0.2) is 73.5 Å². The molecule has 9 nitrogen and oxygen atoms in total. The molecule has 1 heterocycles. The van der Waals surface area contributed by atoms with Crippen LogP contribution >= 0.6 is 0 Å². The number of benzene rings is 2. The Labute approximate surface area is 230 Å². The van der Waals surface area contributed by atoms with Gasteiger partial charge in [-0.3, -0.25) is 4.79 Å². The molecule has 0 aliphatic carbocycles. The van der Waals surface area contributed by atoms with Gasteiger partial charge in [-0.15, -0.1) is 0 Å². The zero-order valence-corrected chi connectivity index (χ0v) is 23.2. The summed E-state index contributed by atoms with van der Waals surface area (Å²) >= 11 is 0. The van der Waals surface area contributed by atoms with E-state index >= 15 is 0 Å². The maximum atomic E-state index is 14.0. The zero-order chi connectivity index (χ0) is 28.4. The van der Waals surface area contributed by atoms with Gasteiger partial charge < -0.3 is 35.4 Å². The summed E-state index contributed by atoms with van der Waals surface area (Å²) in [6, 6.07) is 9.37. The third kappa shape index (κ3) is 8.91. The van der Waals surface area contributed by atoms with Gasteiger partial charge >= 0.3 is 6.03 Å². The summed E-state index contributed by atoms with van der Waals surface area (Å²) < 4.78 is 25.6. The summed E-state index contributed by atoms with van der Waals surface area (Å²) in [5, 5.41) is 18.6. The van der Waals surface area contributed by atoms with Crippen LogP contribution in [0.2, 0.25) is 0 Å². The van der Waals surface area contributed by atoms with E-state index in [2.05, 4.69) is 16.0 Å². The maximum absolute atomic E-state index is 14.0. The topological polar surface area (TPSA) is 112 Å². The first-order valence-corrected chi connectivity index (χ1v) is 13.5. The van der Waals surface area contributed by atoms with Crippen molar-refractivity contribution in [1.82, 2.24) is 10.2 Å². The molecule has 10 heteroatoms. The third-order valence-electron chi connectivity index (χ3n) is 6.82. The molecule has 0 unspecified atom stereocenters. The Morgan fingerprint density at radius 2 is 1.82 bits per heavy atom. The summed E-state index contributed by atoms with van der Waals surface area (Å²) in [5.74, 6) is -0.308. The van der Waals surface area contributed by atoms with Gasteiger partial charge in [-0.05, 0) is 82.6 Å². The second kappa shape index (κ2) is 14.8. The van der Waals surface area contributed by atoms with Gasteiger partial charge in [-0.1, -0.05) is 6.92 Å². The average molecular weight is 545 g/mol. The standard InChI is InChI=1S/C29H41FN4O5/c1-19-17-34(20(2)18-35)28(36)25-15-24(33-29(37)32-23-10-8-22(30)9-11-23)12-13-26(25)39-21(3)7-5-6-14-38-27(19)16-31-4/h8-13,15,19-21,27,31,35H,5-7,14,16-18H2,1-4H3,(H2,32,33,37)/t19-,20+,21+,27+/m1/s1. The number of aliphatic hydroxyl groups excluding tert-OH is 1. The van der Waals surface area contributed by atoms with E-state index in [4.69, 9.17) is 9.47 Å². The lowest BCUT2D eigenvalue weighted by Gasteiger charge is -2.34. The number of amides is 3. The van der Waals surface area contributed by atoms with E-state index in [-0.39, 0.29) is 36.2 Å². The predicted octanol–water partition coefficient (Wildman–Crippen LogP) is 4.48. The van der Waals surface area contributed by atoms with E-state index < -0.39 is 17.9 Å². The van der Waals surface area contributed by atoms with Crippen molar-refractivity contribution >= 4 is 23.3 Å². The normalized spacial score (nSPS) is 21.7. The molecule has 214 valence electrons.